The highest BCUT2D eigenvalue weighted by molar-refractivity contribution is 5.93. The molecule has 0 saturated carbocycles. The molecule has 1 aromatic heterocycles. The van der Waals surface area contributed by atoms with Crippen LogP contribution in [0.25, 0.3) is 0 Å². The topological polar surface area (TPSA) is 58.4 Å². The minimum atomic E-state index is -0.369. The zero-order chi connectivity index (χ0) is 14.0. The fourth-order valence-electron chi connectivity index (χ4n) is 2.86. The Hall–Kier alpha value is -1.36. The molecule has 1 aromatic rings. The number of aliphatic hydroxyl groups is 1. The summed E-state index contributed by atoms with van der Waals surface area (Å²) in [5.41, 5.74) is 1.49. The van der Waals surface area contributed by atoms with Crippen molar-refractivity contribution in [2.75, 3.05) is 6.54 Å². The Labute approximate surface area is 114 Å². The highest BCUT2D eigenvalue weighted by atomic mass is 16.3. The van der Waals surface area contributed by atoms with E-state index in [1.54, 1.807) is 18.7 Å². The molecule has 0 aromatic carbocycles. The van der Waals surface area contributed by atoms with Crippen molar-refractivity contribution in [3.8, 4) is 0 Å². The molecule has 2 heterocycles. The summed E-state index contributed by atoms with van der Waals surface area (Å²) < 4.78 is 1.64. The van der Waals surface area contributed by atoms with Crippen molar-refractivity contribution in [1.29, 1.82) is 0 Å². The van der Waals surface area contributed by atoms with Crippen LogP contribution in [0, 0.1) is 6.92 Å². The Kier molecular flexibility index (Phi) is 4.24. The highest BCUT2D eigenvalue weighted by Gasteiger charge is 2.29. The van der Waals surface area contributed by atoms with E-state index in [-0.39, 0.29) is 18.1 Å². The van der Waals surface area contributed by atoms with E-state index < -0.39 is 0 Å². The van der Waals surface area contributed by atoms with Crippen molar-refractivity contribution in [2.24, 2.45) is 7.05 Å². The van der Waals surface area contributed by atoms with E-state index in [1.165, 1.54) is 0 Å². The van der Waals surface area contributed by atoms with Gasteiger partial charge in [-0.05, 0) is 45.6 Å². The molecule has 2 unspecified atom stereocenters. The summed E-state index contributed by atoms with van der Waals surface area (Å²) in [6, 6.07) is 1.98. The number of nitrogens with zero attached hydrogens (tertiary/aromatic N) is 3. The first-order valence-corrected chi connectivity index (χ1v) is 6.98. The number of rotatable bonds is 3. The number of aliphatic hydroxyl groups excluding tert-OH is 1. The van der Waals surface area contributed by atoms with Gasteiger partial charge in [-0.3, -0.25) is 9.48 Å². The van der Waals surface area contributed by atoms with E-state index in [9.17, 15) is 9.90 Å². The number of piperidine rings is 1. The molecule has 0 radical (unpaired) electrons. The normalized spacial score (nSPS) is 21.5. The predicted octanol–water partition coefficient (Wildman–Crippen LogP) is 1.49. The summed E-state index contributed by atoms with van der Waals surface area (Å²) >= 11 is 0. The fraction of sp³-hybridized carbons (Fsp3) is 0.714. The molecule has 0 aliphatic carbocycles. The van der Waals surface area contributed by atoms with E-state index in [0.29, 0.717) is 12.1 Å². The van der Waals surface area contributed by atoms with Gasteiger partial charge >= 0.3 is 0 Å². The first-order valence-electron chi connectivity index (χ1n) is 6.98. The zero-order valence-corrected chi connectivity index (χ0v) is 12.0. The molecule has 1 aliphatic heterocycles. The molecule has 0 spiro atoms. The van der Waals surface area contributed by atoms with Gasteiger partial charge in [-0.15, -0.1) is 0 Å². The molecule has 0 bridgehead atoms. The number of aryl methyl sites for hydroxylation is 2. The molecule has 19 heavy (non-hydrogen) atoms. The van der Waals surface area contributed by atoms with Crippen LogP contribution in [-0.4, -0.2) is 44.4 Å². The fourth-order valence-corrected chi connectivity index (χ4v) is 2.86. The van der Waals surface area contributed by atoms with Crippen molar-refractivity contribution in [3.05, 3.63) is 17.5 Å². The minimum absolute atomic E-state index is 0.0356. The minimum Gasteiger partial charge on any atom is -0.393 e. The summed E-state index contributed by atoms with van der Waals surface area (Å²) in [5.74, 6) is 0.0356. The third-order valence-electron chi connectivity index (χ3n) is 3.72. The average Bonchev–Trinajstić information content (AvgIpc) is 2.67. The molecule has 1 fully saturated rings. The molecule has 5 heteroatoms. The van der Waals surface area contributed by atoms with Crippen LogP contribution in [0.15, 0.2) is 6.07 Å². The summed E-state index contributed by atoms with van der Waals surface area (Å²) in [6.07, 6.45) is 3.44. The molecule has 1 saturated heterocycles. The molecule has 5 nitrogen and oxygen atoms in total. The van der Waals surface area contributed by atoms with Gasteiger partial charge in [0.1, 0.15) is 5.69 Å². The number of carbonyl (C=O) groups is 1. The molecular formula is C14H23N3O2. The van der Waals surface area contributed by atoms with E-state index in [1.807, 2.05) is 17.9 Å². The molecule has 1 N–H and O–H groups in total. The predicted molar refractivity (Wildman–Crippen MR) is 72.9 cm³/mol. The van der Waals surface area contributed by atoms with E-state index >= 15 is 0 Å². The monoisotopic (exact) mass is 265 g/mol. The van der Waals surface area contributed by atoms with Crippen LogP contribution in [0.3, 0.4) is 0 Å². The van der Waals surface area contributed by atoms with Gasteiger partial charge in [0.15, 0.2) is 0 Å². The lowest BCUT2D eigenvalue weighted by Gasteiger charge is -2.36. The van der Waals surface area contributed by atoms with E-state index in [2.05, 4.69) is 5.10 Å². The number of likely N-dealkylation sites (tertiary alicyclic amines) is 1. The number of hydrogen-bond acceptors (Lipinski definition) is 3. The lowest BCUT2D eigenvalue weighted by Crippen LogP contribution is -2.45. The van der Waals surface area contributed by atoms with Gasteiger partial charge in [0, 0.05) is 19.6 Å². The SMILES string of the molecule is Cc1cc(C(=O)N2CCCCC2CC(C)O)n(C)n1. The second-order valence-electron chi connectivity index (χ2n) is 5.53. The van der Waals surface area contributed by atoms with Gasteiger partial charge in [0.25, 0.3) is 5.91 Å². The van der Waals surface area contributed by atoms with Crippen LogP contribution in [0.4, 0.5) is 0 Å². The number of hydrogen-bond donors (Lipinski definition) is 1. The highest BCUT2D eigenvalue weighted by Crippen LogP contribution is 2.23. The number of carbonyl (C=O) groups excluding carboxylic acids is 1. The maximum atomic E-state index is 12.6. The molecule has 2 atom stereocenters. The van der Waals surface area contributed by atoms with Crippen LogP contribution in [0.5, 0.6) is 0 Å². The van der Waals surface area contributed by atoms with Gasteiger partial charge in [-0.25, -0.2) is 0 Å². The van der Waals surface area contributed by atoms with Gasteiger partial charge in [-0.2, -0.15) is 5.10 Å². The summed E-state index contributed by atoms with van der Waals surface area (Å²) in [6.45, 7) is 4.45. The van der Waals surface area contributed by atoms with Gasteiger partial charge in [-0.1, -0.05) is 0 Å². The summed E-state index contributed by atoms with van der Waals surface area (Å²) in [7, 11) is 1.80. The molecular weight excluding hydrogens is 242 g/mol. The zero-order valence-electron chi connectivity index (χ0n) is 12.0. The quantitative estimate of drug-likeness (QED) is 0.901. The second-order valence-corrected chi connectivity index (χ2v) is 5.53. The van der Waals surface area contributed by atoms with Crippen molar-refractivity contribution < 1.29 is 9.90 Å². The smallest absolute Gasteiger partial charge is 0.272 e. The Morgan fingerprint density at radius 2 is 2.32 bits per heavy atom. The average molecular weight is 265 g/mol. The van der Waals surface area contributed by atoms with E-state index in [0.717, 1.165) is 31.5 Å². The third-order valence-corrected chi connectivity index (χ3v) is 3.72. The summed E-state index contributed by atoms with van der Waals surface area (Å²) in [5, 5.41) is 13.8. The van der Waals surface area contributed by atoms with Crippen LogP contribution in [0.1, 0.15) is 48.8 Å². The first kappa shape index (κ1) is 14.1. The first-order chi connectivity index (χ1) is 8.99. The number of amides is 1. The Morgan fingerprint density at radius 3 is 2.89 bits per heavy atom. The van der Waals surface area contributed by atoms with Crippen LogP contribution in [0.2, 0.25) is 0 Å². The van der Waals surface area contributed by atoms with Crippen molar-refractivity contribution >= 4 is 5.91 Å². The van der Waals surface area contributed by atoms with Gasteiger partial charge in [0.2, 0.25) is 0 Å². The Bertz CT molecular complexity index is 454. The maximum Gasteiger partial charge on any atom is 0.272 e. The molecule has 1 amide bonds. The van der Waals surface area contributed by atoms with Crippen LogP contribution >= 0.6 is 0 Å². The molecule has 1 aliphatic rings. The van der Waals surface area contributed by atoms with Crippen molar-refractivity contribution in [2.45, 2.75) is 51.7 Å². The lowest BCUT2D eigenvalue weighted by molar-refractivity contribution is 0.0504. The van der Waals surface area contributed by atoms with E-state index in [4.69, 9.17) is 0 Å². The lowest BCUT2D eigenvalue weighted by atomic mass is 9.97. The van der Waals surface area contributed by atoms with Crippen LogP contribution < -0.4 is 0 Å². The van der Waals surface area contributed by atoms with Gasteiger partial charge in [0.05, 0.1) is 11.8 Å². The second kappa shape index (κ2) is 5.74. The third kappa shape index (κ3) is 3.15. The maximum absolute atomic E-state index is 12.6. The van der Waals surface area contributed by atoms with Gasteiger partial charge < -0.3 is 10.0 Å². The van der Waals surface area contributed by atoms with Crippen molar-refractivity contribution in [1.82, 2.24) is 14.7 Å². The Morgan fingerprint density at radius 1 is 1.58 bits per heavy atom. The Balaban J connectivity index is 2.17. The molecule has 2 rings (SSSR count). The summed E-state index contributed by atoms with van der Waals surface area (Å²) in [4.78, 5) is 14.5. The largest absolute Gasteiger partial charge is 0.393 e. The molecule has 106 valence electrons. The van der Waals surface area contributed by atoms with Crippen molar-refractivity contribution in [3.63, 3.8) is 0 Å². The van der Waals surface area contributed by atoms with Crippen LogP contribution in [-0.2, 0) is 7.05 Å². The standard InChI is InChI=1S/C14H23N3O2/c1-10-8-13(16(3)15-10)14(19)17-7-5-4-6-12(17)9-11(2)18/h8,11-12,18H,4-7,9H2,1-3H3. The number of aromatic nitrogens is 2.